The monoisotopic (exact) mass is 218 g/mol. The molecule has 0 aliphatic rings. The number of halogens is 2. The van der Waals surface area contributed by atoms with Gasteiger partial charge in [0.25, 0.3) is 6.43 Å². The third-order valence-electron chi connectivity index (χ3n) is 2.04. The van der Waals surface area contributed by atoms with Gasteiger partial charge in [0.05, 0.1) is 17.9 Å². The van der Waals surface area contributed by atoms with E-state index in [2.05, 4.69) is 10.4 Å². The highest BCUT2D eigenvalue weighted by molar-refractivity contribution is 5.64. The number of aromatic nitrogens is 2. The summed E-state index contributed by atoms with van der Waals surface area (Å²) in [5, 5.41) is 6.78. The molecule has 0 saturated carbocycles. The van der Waals surface area contributed by atoms with Crippen LogP contribution in [0.1, 0.15) is 25.6 Å². The number of alkyl halides is 2. The lowest BCUT2D eigenvalue weighted by Gasteiger charge is -2.12. The van der Waals surface area contributed by atoms with Crippen LogP contribution >= 0.6 is 0 Å². The molecule has 0 fully saturated rings. The van der Waals surface area contributed by atoms with Gasteiger partial charge in [0.2, 0.25) is 0 Å². The molecule has 6 heteroatoms. The minimum atomic E-state index is -2.40. The molecule has 1 aromatic heterocycles. The Hall–Kier alpha value is -1.33. The minimum Gasteiger partial charge on any atom is -0.394 e. The smallest absolute Gasteiger partial charge is 0.255 e. The maximum absolute atomic E-state index is 12.1. The molecule has 1 heterocycles. The molecule has 0 saturated heterocycles. The number of hydrogen-bond acceptors (Lipinski definition) is 3. The highest BCUT2D eigenvalue weighted by atomic mass is 19.3. The van der Waals surface area contributed by atoms with Gasteiger partial charge >= 0.3 is 0 Å². The first-order chi connectivity index (χ1) is 6.93. The molecule has 1 rings (SSSR count). The molecule has 0 aliphatic heterocycles. The summed E-state index contributed by atoms with van der Waals surface area (Å²) < 4.78 is 25.7. The molecule has 4 nitrogen and oxygen atoms in total. The van der Waals surface area contributed by atoms with E-state index in [0.29, 0.717) is 17.2 Å². The Morgan fingerprint density at radius 2 is 2.07 bits per heavy atom. The molecule has 0 aromatic carbocycles. The second kappa shape index (κ2) is 4.46. The molecule has 1 aromatic rings. The standard InChI is InChI=1S/C9H16F2N4/c1-5(2)15-9(13-4-7(10)11)8(12)6(3)14-15/h5,7,13H,4,12H2,1-3H3. The summed E-state index contributed by atoms with van der Waals surface area (Å²) >= 11 is 0. The van der Waals surface area contributed by atoms with Crippen LogP contribution in [0.3, 0.4) is 0 Å². The van der Waals surface area contributed by atoms with Crippen molar-refractivity contribution in [2.24, 2.45) is 0 Å². The Labute approximate surface area is 87.4 Å². The summed E-state index contributed by atoms with van der Waals surface area (Å²) in [6.07, 6.45) is -2.40. The zero-order valence-corrected chi connectivity index (χ0v) is 9.09. The number of aryl methyl sites for hydroxylation is 1. The molecule has 0 radical (unpaired) electrons. The van der Waals surface area contributed by atoms with Gasteiger partial charge in [0.15, 0.2) is 0 Å². The molecular weight excluding hydrogens is 202 g/mol. The largest absolute Gasteiger partial charge is 0.394 e. The summed E-state index contributed by atoms with van der Waals surface area (Å²) in [5.41, 5.74) is 6.82. The second-order valence-corrected chi connectivity index (χ2v) is 3.66. The van der Waals surface area contributed by atoms with Crippen molar-refractivity contribution >= 4 is 11.5 Å². The van der Waals surface area contributed by atoms with Crippen LogP contribution in [0.25, 0.3) is 0 Å². The molecule has 0 spiro atoms. The molecule has 0 atom stereocenters. The number of anilines is 2. The maximum Gasteiger partial charge on any atom is 0.255 e. The number of hydrogen-bond donors (Lipinski definition) is 2. The lowest BCUT2D eigenvalue weighted by atomic mass is 10.3. The van der Waals surface area contributed by atoms with Crippen LogP contribution in [0.4, 0.5) is 20.3 Å². The minimum absolute atomic E-state index is 0.0844. The zero-order chi connectivity index (χ0) is 11.6. The Kier molecular flexibility index (Phi) is 3.49. The first kappa shape index (κ1) is 11.7. The molecule has 0 amide bonds. The first-order valence-electron chi connectivity index (χ1n) is 4.80. The SMILES string of the molecule is Cc1nn(C(C)C)c(NCC(F)F)c1N. The predicted octanol–water partition coefficient (Wildman–Crippen LogP) is 2.03. The average molecular weight is 218 g/mol. The lowest BCUT2D eigenvalue weighted by Crippen LogP contribution is -2.16. The van der Waals surface area contributed by atoms with Gasteiger partial charge in [0.1, 0.15) is 5.82 Å². The van der Waals surface area contributed by atoms with E-state index < -0.39 is 13.0 Å². The van der Waals surface area contributed by atoms with Crippen LogP contribution in [-0.4, -0.2) is 22.8 Å². The molecule has 0 unspecified atom stereocenters. The van der Waals surface area contributed by atoms with Crippen molar-refractivity contribution in [3.63, 3.8) is 0 Å². The van der Waals surface area contributed by atoms with Gasteiger partial charge in [-0.05, 0) is 20.8 Å². The fourth-order valence-corrected chi connectivity index (χ4v) is 1.28. The van der Waals surface area contributed by atoms with Crippen molar-refractivity contribution in [2.75, 3.05) is 17.6 Å². The quantitative estimate of drug-likeness (QED) is 0.813. The summed E-state index contributed by atoms with van der Waals surface area (Å²) in [7, 11) is 0. The van der Waals surface area contributed by atoms with E-state index in [9.17, 15) is 8.78 Å². The van der Waals surface area contributed by atoms with Crippen molar-refractivity contribution in [3.8, 4) is 0 Å². The van der Waals surface area contributed by atoms with Crippen LogP contribution in [0, 0.1) is 6.92 Å². The van der Waals surface area contributed by atoms with E-state index in [1.54, 1.807) is 11.6 Å². The Bertz CT molecular complexity index is 333. The number of nitrogens with zero attached hydrogens (tertiary/aromatic N) is 2. The van der Waals surface area contributed by atoms with Gasteiger partial charge in [0, 0.05) is 6.04 Å². The van der Waals surface area contributed by atoms with E-state index in [0.717, 1.165) is 0 Å². The van der Waals surface area contributed by atoms with Crippen LogP contribution in [0.5, 0.6) is 0 Å². The van der Waals surface area contributed by atoms with E-state index in [1.165, 1.54) is 0 Å². The lowest BCUT2D eigenvalue weighted by molar-refractivity contribution is 0.163. The molecule has 0 bridgehead atoms. The Morgan fingerprint density at radius 3 is 2.53 bits per heavy atom. The van der Waals surface area contributed by atoms with E-state index in [-0.39, 0.29) is 6.04 Å². The molecule has 15 heavy (non-hydrogen) atoms. The Balaban J connectivity index is 2.92. The fourth-order valence-electron chi connectivity index (χ4n) is 1.28. The zero-order valence-electron chi connectivity index (χ0n) is 9.09. The normalized spacial score (nSPS) is 11.4. The number of nitrogen functional groups attached to an aromatic ring is 1. The summed E-state index contributed by atoms with van der Waals surface area (Å²) in [6.45, 7) is 5.17. The third kappa shape index (κ3) is 2.57. The number of nitrogens with two attached hydrogens (primary N) is 1. The van der Waals surface area contributed by atoms with Crippen LogP contribution < -0.4 is 11.1 Å². The molecule has 86 valence electrons. The predicted molar refractivity (Wildman–Crippen MR) is 56.3 cm³/mol. The summed E-state index contributed by atoms with van der Waals surface area (Å²) in [4.78, 5) is 0. The van der Waals surface area contributed by atoms with Gasteiger partial charge in [-0.25, -0.2) is 13.5 Å². The topological polar surface area (TPSA) is 55.9 Å². The van der Waals surface area contributed by atoms with Crippen molar-refractivity contribution < 1.29 is 8.78 Å². The Morgan fingerprint density at radius 1 is 1.47 bits per heavy atom. The van der Waals surface area contributed by atoms with Crippen LogP contribution in [0.2, 0.25) is 0 Å². The molecular formula is C9H16F2N4. The first-order valence-corrected chi connectivity index (χ1v) is 4.80. The van der Waals surface area contributed by atoms with Crippen molar-refractivity contribution in [2.45, 2.75) is 33.2 Å². The van der Waals surface area contributed by atoms with Gasteiger partial charge in [-0.15, -0.1) is 0 Å². The van der Waals surface area contributed by atoms with E-state index >= 15 is 0 Å². The highest BCUT2D eigenvalue weighted by Crippen LogP contribution is 2.25. The maximum atomic E-state index is 12.1. The van der Waals surface area contributed by atoms with Crippen molar-refractivity contribution in [3.05, 3.63) is 5.69 Å². The van der Waals surface area contributed by atoms with Crippen molar-refractivity contribution in [1.29, 1.82) is 0 Å². The van der Waals surface area contributed by atoms with E-state index in [4.69, 9.17) is 5.73 Å². The van der Waals surface area contributed by atoms with Gasteiger partial charge < -0.3 is 11.1 Å². The highest BCUT2D eigenvalue weighted by Gasteiger charge is 2.15. The number of rotatable bonds is 4. The van der Waals surface area contributed by atoms with E-state index in [1.807, 2.05) is 13.8 Å². The molecule has 3 N–H and O–H groups in total. The fraction of sp³-hybridized carbons (Fsp3) is 0.667. The van der Waals surface area contributed by atoms with Crippen molar-refractivity contribution in [1.82, 2.24) is 9.78 Å². The third-order valence-corrected chi connectivity index (χ3v) is 2.04. The summed E-state index contributed by atoms with van der Waals surface area (Å²) in [6, 6.07) is 0.0844. The van der Waals surface area contributed by atoms with Gasteiger partial charge in [-0.1, -0.05) is 0 Å². The molecule has 0 aliphatic carbocycles. The van der Waals surface area contributed by atoms with Crippen LogP contribution in [0.15, 0.2) is 0 Å². The number of nitrogens with one attached hydrogen (secondary N) is 1. The summed E-state index contributed by atoms with van der Waals surface area (Å²) in [5.74, 6) is 0.475. The van der Waals surface area contributed by atoms with Gasteiger partial charge in [-0.2, -0.15) is 5.10 Å². The van der Waals surface area contributed by atoms with Crippen LogP contribution in [-0.2, 0) is 0 Å². The van der Waals surface area contributed by atoms with Gasteiger partial charge in [-0.3, -0.25) is 0 Å². The second-order valence-electron chi connectivity index (χ2n) is 3.66. The average Bonchev–Trinajstić information content (AvgIpc) is 2.41.